The van der Waals surface area contributed by atoms with Crippen LogP contribution in [0.5, 0.6) is 11.6 Å². The van der Waals surface area contributed by atoms with E-state index in [1.807, 2.05) is 6.07 Å². The van der Waals surface area contributed by atoms with Gasteiger partial charge in [0.2, 0.25) is 5.88 Å². The molecule has 18 heavy (non-hydrogen) atoms. The Kier molecular flexibility index (Phi) is 3.35. The molecule has 1 heterocycles. The lowest BCUT2D eigenvalue weighted by Crippen LogP contribution is -1.96. The third-order valence-electron chi connectivity index (χ3n) is 2.49. The molecule has 2 rings (SSSR count). The second kappa shape index (κ2) is 5.11. The summed E-state index contributed by atoms with van der Waals surface area (Å²) in [6.07, 6.45) is 2.27. The summed E-state index contributed by atoms with van der Waals surface area (Å²) < 4.78 is 5.54. The molecule has 0 spiro atoms. The Labute approximate surface area is 104 Å². The third kappa shape index (κ3) is 2.20. The summed E-state index contributed by atoms with van der Waals surface area (Å²) >= 11 is 0. The minimum Gasteiger partial charge on any atom is -0.437 e. The van der Waals surface area contributed by atoms with Crippen molar-refractivity contribution in [1.82, 2.24) is 4.98 Å². The summed E-state index contributed by atoms with van der Waals surface area (Å²) in [6.45, 7) is 1.80. The van der Waals surface area contributed by atoms with E-state index in [4.69, 9.17) is 10.00 Å². The topological polar surface area (TPSA) is 63.0 Å². The van der Waals surface area contributed by atoms with Crippen LogP contribution in [0.25, 0.3) is 0 Å². The first-order valence-corrected chi connectivity index (χ1v) is 5.34. The summed E-state index contributed by atoms with van der Waals surface area (Å²) in [6, 6.07) is 10.6. The number of para-hydroxylation sites is 1. The zero-order valence-electron chi connectivity index (χ0n) is 9.75. The molecule has 2 aromatic rings. The fourth-order valence-electron chi connectivity index (χ4n) is 1.52. The lowest BCUT2D eigenvalue weighted by molar-refractivity contribution is 0.112. The van der Waals surface area contributed by atoms with Crippen LogP contribution in [-0.4, -0.2) is 11.3 Å². The van der Waals surface area contributed by atoms with E-state index < -0.39 is 0 Å². The predicted molar refractivity (Wildman–Crippen MR) is 65.6 cm³/mol. The number of benzene rings is 1. The van der Waals surface area contributed by atoms with Crippen molar-refractivity contribution in [3.63, 3.8) is 0 Å². The van der Waals surface area contributed by atoms with Crippen LogP contribution < -0.4 is 4.74 Å². The number of hydrogen-bond donors (Lipinski definition) is 0. The van der Waals surface area contributed by atoms with Crippen LogP contribution >= 0.6 is 0 Å². The predicted octanol–water partition coefficient (Wildman–Crippen LogP) is 2.87. The number of aromatic nitrogens is 1. The first kappa shape index (κ1) is 11.8. The average molecular weight is 238 g/mol. The summed E-state index contributed by atoms with van der Waals surface area (Å²) in [4.78, 5) is 14.9. The van der Waals surface area contributed by atoms with E-state index in [1.165, 1.54) is 0 Å². The Bertz CT molecular complexity index is 630. The Morgan fingerprint density at radius 3 is 2.83 bits per heavy atom. The number of pyridine rings is 1. The second-order valence-corrected chi connectivity index (χ2v) is 3.68. The van der Waals surface area contributed by atoms with Gasteiger partial charge in [-0.3, -0.25) is 4.79 Å². The standard InChI is InChI=1S/C14H10N2O2/c1-10-6-7-16-14(12(10)8-15)18-13-5-3-2-4-11(13)9-17/h2-7,9H,1H3. The zero-order chi connectivity index (χ0) is 13.0. The molecule has 1 aromatic carbocycles. The Hall–Kier alpha value is -2.67. The highest BCUT2D eigenvalue weighted by atomic mass is 16.5. The summed E-state index contributed by atoms with van der Waals surface area (Å²) in [5.74, 6) is 0.605. The van der Waals surface area contributed by atoms with E-state index in [0.29, 0.717) is 23.2 Å². The highest BCUT2D eigenvalue weighted by molar-refractivity contribution is 5.79. The highest BCUT2D eigenvalue weighted by Crippen LogP contribution is 2.26. The van der Waals surface area contributed by atoms with Gasteiger partial charge < -0.3 is 4.74 Å². The molecule has 0 N–H and O–H groups in total. The van der Waals surface area contributed by atoms with Crippen molar-refractivity contribution >= 4 is 6.29 Å². The van der Waals surface area contributed by atoms with Crippen molar-refractivity contribution in [2.75, 3.05) is 0 Å². The number of carbonyl (C=O) groups is 1. The molecular formula is C14H10N2O2. The van der Waals surface area contributed by atoms with Crippen molar-refractivity contribution in [3.8, 4) is 17.7 Å². The lowest BCUT2D eigenvalue weighted by atomic mass is 10.1. The van der Waals surface area contributed by atoms with Crippen LogP contribution in [0.2, 0.25) is 0 Å². The molecule has 1 aromatic heterocycles. The van der Waals surface area contributed by atoms with E-state index in [0.717, 1.165) is 5.56 Å². The Balaban J connectivity index is 2.44. The van der Waals surface area contributed by atoms with Crippen molar-refractivity contribution in [2.24, 2.45) is 0 Å². The lowest BCUT2D eigenvalue weighted by Gasteiger charge is -2.08. The molecule has 0 saturated heterocycles. The molecule has 0 aliphatic rings. The SMILES string of the molecule is Cc1ccnc(Oc2ccccc2C=O)c1C#N. The zero-order valence-corrected chi connectivity index (χ0v) is 9.75. The van der Waals surface area contributed by atoms with E-state index in [9.17, 15) is 4.79 Å². The van der Waals surface area contributed by atoms with E-state index in [-0.39, 0.29) is 5.88 Å². The molecule has 0 bridgehead atoms. The van der Waals surface area contributed by atoms with Gasteiger partial charge in [0, 0.05) is 6.20 Å². The number of aldehydes is 1. The van der Waals surface area contributed by atoms with Gasteiger partial charge in [0.15, 0.2) is 6.29 Å². The number of aryl methyl sites for hydroxylation is 1. The van der Waals surface area contributed by atoms with Crippen LogP contribution in [-0.2, 0) is 0 Å². The smallest absolute Gasteiger partial charge is 0.237 e. The van der Waals surface area contributed by atoms with Gasteiger partial charge in [0.1, 0.15) is 17.4 Å². The first-order valence-electron chi connectivity index (χ1n) is 5.34. The molecule has 0 radical (unpaired) electrons. The van der Waals surface area contributed by atoms with Crippen LogP contribution in [0.15, 0.2) is 36.5 Å². The fourth-order valence-corrected chi connectivity index (χ4v) is 1.52. The van der Waals surface area contributed by atoms with Crippen LogP contribution in [0, 0.1) is 18.3 Å². The number of hydrogen-bond acceptors (Lipinski definition) is 4. The number of nitriles is 1. The minimum absolute atomic E-state index is 0.215. The molecule has 0 amide bonds. The molecule has 4 heteroatoms. The summed E-state index contributed by atoms with van der Waals surface area (Å²) in [5.41, 5.74) is 1.58. The normalized spacial score (nSPS) is 9.56. The summed E-state index contributed by atoms with van der Waals surface area (Å²) in [7, 11) is 0. The Morgan fingerprint density at radius 2 is 2.11 bits per heavy atom. The van der Waals surface area contributed by atoms with Gasteiger partial charge in [-0.25, -0.2) is 4.98 Å². The molecule has 0 unspecified atom stereocenters. The van der Waals surface area contributed by atoms with Gasteiger partial charge >= 0.3 is 0 Å². The Morgan fingerprint density at radius 1 is 1.33 bits per heavy atom. The summed E-state index contributed by atoms with van der Waals surface area (Å²) in [5, 5.41) is 9.06. The maximum absolute atomic E-state index is 10.9. The van der Waals surface area contributed by atoms with Crippen LogP contribution in [0.3, 0.4) is 0 Å². The maximum atomic E-state index is 10.9. The van der Waals surface area contributed by atoms with Gasteiger partial charge in [-0.1, -0.05) is 12.1 Å². The molecule has 0 saturated carbocycles. The number of carbonyl (C=O) groups excluding carboxylic acids is 1. The molecule has 0 atom stereocenters. The average Bonchev–Trinajstić information content (AvgIpc) is 2.40. The van der Waals surface area contributed by atoms with Gasteiger partial charge in [-0.05, 0) is 30.7 Å². The van der Waals surface area contributed by atoms with Gasteiger partial charge in [0.25, 0.3) is 0 Å². The van der Waals surface area contributed by atoms with Crippen LogP contribution in [0.4, 0.5) is 0 Å². The molecule has 0 aliphatic carbocycles. The molecular weight excluding hydrogens is 228 g/mol. The van der Waals surface area contributed by atoms with E-state index >= 15 is 0 Å². The molecule has 88 valence electrons. The fraction of sp³-hybridized carbons (Fsp3) is 0.0714. The highest BCUT2D eigenvalue weighted by Gasteiger charge is 2.10. The maximum Gasteiger partial charge on any atom is 0.237 e. The number of ether oxygens (including phenoxy) is 1. The first-order chi connectivity index (χ1) is 8.76. The van der Waals surface area contributed by atoms with Gasteiger partial charge in [-0.15, -0.1) is 0 Å². The van der Waals surface area contributed by atoms with Gasteiger partial charge in [0.05, 0.1) is 5.56 Å². The second-order valence-electron chi connectivity index (χ2n) is 3.68. The van der Waals surface area contributed by atoms with E-state index in [2.05, 4.69) is 4.98 Å². The minimum atomic E-state index is 0.215. The molecule has 0 aliphatic heterocycles. The van der Waals surface area contributed by atoms with Crippen molar-refractivity contribution in [3.05, 3.63) is 53.2 Å². The number of rotatable bonds is 3. The van der Waals surface area contributed by atoms with E-state index in [1.54, 1.807) is 43.5 Å². The van der Waals surface area contributed by atoms with Crippen molar-refractivity contribution in [2.45, 2.75) is 6.92 Å². The largest absolute Gasteiger partial charge is 0.437 e. The van der Waals surface area contributed by atoms with Crippen molar-refractivity contribution in [1.29, 1.82) is 5.26 Å². The monoisotopic (exact) mass is 238 g/mol. The third-order valence-corrected chi connectivity index (χ3v) is 2.49. The molecule has 4 nitrogen and oxygen atoms in total. The van der Waals surface area contributed by atoms with Crippen LogP contribution in [0.1, 0.15) is 21.5 Å². The molecule has 0 fully saturated rings. The number of nitrogens with zero attached hydrogens (tertiary/aromatic N) is 2. The quantitative estimate of drug-likeness (QED) is 0.771. The van der Waals surface area contributed by atoms with Crippen molar-refractivity contribution < 1.29 is 9.53 Å². The van der Waals surface area contributed by atoms with Gasteiger partial charge in [-0.2, -0.15) is 5.26 Å².